The van der Waals surface area contributed by atoms with Crippen LogP contribution in [0.4, 0.5) is 0 Å². The van der Waals surface area contributed by atoms with Crippen LogP contribution in [0.25, 0.3) is 0 Å². The highest BCUT2D eigenvalue weighted by molar-refractivity contribution is 4.82. The van der Waals surface area contributed by atoms with Crippen LogP contribution in [0.3, 0.4) is 0 Å². The van der Waals surface area contributed by atoms with E-state index in [4.69, 9.17) is 5.73 Å². The summed E-state index contributed by atoms with van der Waals surface area (Å²) in [5.41, 5.74) is 4.55. The van der Waals surface area contributed by atoms with Gasteiger partial charge in [-0.1, -0.05) is 0 Å². The van der Waals surface area contributed by atoms with Gasteiger partial charge in [0.1, 0.15) is 5.72 Å². The summed E-state index contributed by atoms with van der Waals surface area (Å²) in [6.45, 7) is 7.89. The molecule has 1 heterocycles. The second kappa shape index (κ2) is 4.37. The molecule has 0 spiro atoms. The van der Waals surface area contributed by atoms with Gasteiger partial charge in [-0.05, 0) is 25.7 Å². The van der Waals surface area contributed by atoms with Crippen molar-refractivity contribution >= 4 is 0 Å². The highest BCUT2D eigenvalue weighted by Gasteiger charge is 2.27. The number of nitrogens with two attached hydrogens (primary N) is 1. The molecule has 0 amide bonds. The zero-order chi connectivity index (χ0) is 10.9. The molecule has 1 aliphatic carbocycles. The lowest BCUT2D eigenvalue weighted by atomic mass is 10.2. The molecule has 1 aliphatic heterocycles. The first-order chi connectivity index (χ1) is 7.03. The van der Waals surface area contributed by atoms with E-state index in [2.05, 4.69) is 9.80 Å². The van der Waals surface area contributed by atoms with Crippen LogP contribution in [0, 0.1) is 5.92 Å². The molecule has 2 fully saturated rings. The third kappa shape index (κ3) is 4.07. The van der Waals surface area contributed by atoms with Crippen molar-refractivity contribution in [3.05, 3.63) is 0 Å². The van der Waals surface area contributed by atoms with Crippen molar-refractivity contribution in [2.24, 2.45) is 11.7 Å². The van der Waals surface area contributed by atoms with Crippen molar-refractivity contribution in [3.8, 4) is 0 Å². The number of piperazine rings is 1. The third-order valence-corrected chi connectivity index (χ3v) is 3.22. The van der Waals surface area contributed by atoms with Gasteiger partial charge in [-0.2, -0.15) is 0 Å². The van der Waals surface area contributed by atoms with Gasteiger partial charge in [-0.15, -0.1) is 0 Å². The van der Waals surface area contributed by atoms with Gasteiger partial charge in [0, 0.05) is 39.3 Å². The van der Waals surface area contributed by atoms with Gasteiger partial charge in [0.15, 0.2) is 0 Å². The van der Waals surface area contributed by atoms with E-state index in [1.54, 1.807) is 6.92 Å². The number of nitrogens with zero attached hydrogens (tertiary/aromatic N) is 2. The van der Waals surface area contributed by atoms with E-state index in [9.17, 15) is 5.11 Å². The molecule has 0 bridgehead atoms. The molecule has 88 valence electrons. The summed E-state index contributed by atoms with van der Waals surface area (Å²) >= 11 is 0. The average Bonchev–Trinajstić information content (AvgIpc) is 2.90. The van der Waals surface area contributed by atoms with E-state index in [-0.39, 0.29) is 0 Å². The quantitative estimate of drug-likeness (QED) is 0.629. The Morgan fingerprint density at radius 1 is 1.20 bits per heavy atom. The highest BCUT2D eigenvalue weighted by Crippen LogP contribution is 2.29. The molecule has 4 heteroatoms. The second-order valence-corrected chi connectivity index (χ2v) is 5.38. The molecule has 1 saturated carbocycles. The molecule has 0 aromatic heterocycles. The Morgan fingerprint density at radius 2 is 1.73 bits per heavy atom. The van der Waals surface area contributed by atoms with Crippen LogP contribution in [0.2, 0.25) is 0 Å². The Hall–Kier alpha value is -0.160. The van der Waals surface area contributed by atoms with Crippen LogP contribution < -0.4 is 5.73 Å². The summed E-state index contributed by atoms with van der Waals surface area (Å²) < 4.78 is 0. The number of hydrogen-bond donors (Lipinski definition) is 2. The Kier molecular flexibility index (Phi) is 3.30. The van der Waals surface area contributed by atoms with Gasteiger partial charge >= 0.3 is 0 Å². The van der Waals surface area contributed by atoms with Crippen LogP contribution in [0.1, 0.15) is 19.8 Å². The first kappa shape index (κ1) is 11.3. The number of rotatable bonds is 4. The maximum atomic E-state index is 9.51. The SMILES string of the molecule is C[C@](N)(O)CN1CCN(CC2CC2)CC1. The van der Waals surface area contributed by atoms with Crippen LogP contribution in [0.15, 0.2) is 0 Å². The molecule has 0 unspecified atom stereocenters. The predicted molar refractivity (Wildman–Crippen MR) is 60.4 cm³/mol. The van der Waals surface area contributed by atoms with E-state index in [1.807, 2.05) is 0 Å². The van der Waals surface area contributed by atoms with E-state index in [1.165, 1.54) is 19.4 Å². The number of hydrogen-bond acceptors (Lipinski definition) is 4. The maximum Gasteiger partial charge on any atom is 0.123 e. The van der Waals surface area contributed by atoms with Gasteiger partial charge in [-0.25, -0.2) is 0 Å². The lowest BCUT2D eigenvalue weighted by Gasteiger charge is -2.37. The molecule has 1 saturated heterocycles. The first-order valence-electron chi connectivity index (χ1n) is 5.99. The predicted octanol–water partition coefficient (Wildman–Crippen LogP) is -0.319. The maximum absolute atomic E-state index is 9.51. The zero-order valence-electron chi connectivity index (χ0n) is 9.65. The Bertz CT molecular complexity index is 202. The van der Waals surface area contributed by atoms with Gasteiger partial charge in [-0.3, -0.25) is 4.90 Å². The standard InChI is InChI=1S/C11H23N3O/c1-11(12,15)9-14-6-4-13(5-7-14)8-10-2-3-10/h10,15H,2-9,12H2,1H3/t11-/m0/s1. The molecule has 2 aliphatic rings. The zero-order valence-corrected chi connectivity index (χ0v) is 9.65. The van der Waals surface area contributed by atoms with Crippen molar-refractivity contribution in [1.82, 2.24) is 9.80 Å². The van der Waals surface area contributed by atoms with Crippen molar-refractivity contribution in [2.45, 2.75) is 25.5 Å². The molecule has 15 heavy (non-hydrogen) atoms. The Balaban J connectivity index is 1.67. The Labute approximate surface area is 92.0 Å². The number of aliphatic hydroxyl groups is 1. The summed E-state index contributed by atoms with van der Waals surface area (Å²) in [5.74, 6) is 0.981. The minimum Gasteiger partial charge on any atom is -0.375 e. The summed E-state index contributed by atoms with van der Waals surface area (Å²) in [4.78, 5) is 4.79. The second-order valence-electron chi connectivity index (χ2n) is 5.38. The largest absolute Gasteiger partial charge is 0.375 e. The fourth-order valence-electron chi connectivity index (χ4n) is 2.25. The molecule has 0 aromatic rings. The first-order valence-corrected chi connectivity index (χ1v) is 5.99. The molecule has 4 nitrogen and oxygen atoms in total. The summed E-state index contributed by atoms with van der Waals surface area (Å²) in [6.07, 6.45) is 2.86. The van der Waals surface area contributed by atoms with Crippen molar-refractivity contribution < 1.29 is 5.11 Å². The van der Waals surface area contributed by atoms with E-state index >= 15 is 0 Å². The smallest absolute Gasteiger partial charge is 0.123 e. The van der Waals surface area contributed by atoms with Crippen molar-refractivity contribution in [3.63, 3.8) is 0 Å². The Morgan fingerprint density at radius 3 is 2.20 bits per heavy atom. The fourth-order valence-corrected chi connectivity index (χ4v) is 2.25. The monoisotopic (exact) mass is 213 g/mol. The molecular formula is C11H23N3O. The van der Waals surface area contributed by atoms with Gasteiger partial charge in [0.25, 0.3) is 0 Å². The highest BCUT2D eigenvalue weighted by atomic mass is 16.3. The summed E-state index contributed by atoms with van der Waals surface area (Å²) in [7, 11) is 0. The minimum atomic E-state index is -1.04. The van der Waals surface area contributed by atoms with Gasteiger partial charge < -0.3 is 15.7 Å². The summed E-state index contributed by atoms with van der Waals surface area (Å²) in [5, 5.41) is 9.51. The average molecular weight is 213 g/mol. The lowest BCUT2D eigenvalue weighted by molar-refractivity contribution is 0.00831. The lowest BCUT2D eigenvalue weighted by Crippen LogP contribution is -2.54. The topological polar surface area (TPSA) is 52.7 Å². The third-order valence-electron chi connectivity index (χ3n) is 3.22. The van der Waals surface area contributed by atoms with Crippen LogP contribution in [-0.2, 0) is 0 Å². The van der Waals surface area contributed by atoms with Crippen molar-refractivity contribution in [1.29, 1.82) is 0 Å². The molecule has 3 N–H and O–H groups in total. The molecule has 0 radical (unpaired) electrons. The van der Waals surface area contributed by atoms with Crippen molar-refractivity contribution in [2.75, 3.05) is 39.3 Å². The van der Waals surface area contributed by atoms with Gasteiger partial charge in [0.05, 0.1) is 0 Å². The van der Waals surface area contributed by atoms with Crippen LogP contribution in [0.5, 0.6) is 0 Å². The minimum absolute atomic E-state index is 0.588. The van der Waals surface area contributed by atoms with Gasteiger partial charge in [0.2, 0.25) is 0 Å². The van der Waals surface area contributed by atoms with Crippen LogP contribution >= 0.6 is 0 Å². The molecule has 2 rings (SSSR count). The fraction of sp³-hybridized carbons (Fsp3) is 1.00. The molecular weight excluding hydrogens is 190 g/mol. The molecule has 0 aromatic carbocycles. The van der Waals surface area contributed by atoms with E-state index in [0.29, 0.717) is 6.54 Å². The van der Waals surface area contributed by atoms with E-state index < -0.39 is 5.72 Å². The van der Waals surface area contributed by atoms with E-state index in [0.717, 1.165) is 32.1 Å². The number of β-amino-alcohol motifs (C(OH)–C–C–N with tert-alkyl or cyclic N) is 1. The molecule has 1 atom stereocenters. The normalized spacial score (nSPS) is 29.0. The summed E-state index contributed by atoms with van der Waals surface area (Å²) in [6, 6.07) is 0. The van der Waals surface area contributed by atoms with Crippen LogP contribution in [-0.4, -0.2) is 59.9 Å².